The molecule has 7 heteroatoms. The van der Waals surface area contributed by atoms with E-state index in [-0.39, 0.29) is 5.91 Å². The SMILES string of the molecule is COc1ccc(CCC(=O)N2CCCN(c3nc4ccccc4[nH]3)CC2)cc1Cl. The van der Waals surface area contributed by atoms with E-state index in [0.29, 0.717) is 30.2 Å². The molecule has 0 atom stereocenters. The Morgan fingerprint density at radius 1 is 1.17 bits per heavy atom. The van der Waals surface area contributed by atoms with Gasteiger partial charge in [0.2, 0.25) is 11.9 Å². The number of amides is 1. The van der Waals surface area contributed by atoms with Crippen LogP contribution in [0.25, 0.3) is 11.0 Å². The van der Waals surface area contributed by atoms with E-state index in [1.807, 2.05) is 47.4 Å². The van der Waals surface area contributed by atoms with Crippen LogP contribution in [0.3, 0.4) is 0 Å². The fourth-order valence-electron chi connectivity index (χ4n) is 3.74. The van der Waals surface area contributed by atoms with E-state index in [9.17, 15) is 4.79 Å². The summed E-state index contributed by atoms with van der Waals surface area (Å²) < 4.78 is 5.18. The maximum atomic E-state index is 12.7. The Hall–Kier alpha value is -2.73. The minimum atomic E-state index is 0.184. The van der Waals surface area contributed by atoms with Crippen molar-refractivity contribution >= 4 is 34.5 Å². The number of aromatic amines is 1. The van der Waals surface area contributed by atoms with Gasteiger partial charge in [-0.2, -0.15) is 0 Å². The van der Waals surface area contributed by atoms with E-state index in [2.05, 4.69) is 9.88 Å². The van der Waals surface area contributed by atoms with Gasteiger partial charge in [0.15, 0.2) is 0 Å². The molecule has 1 aliphatic rings. The number of hydrogen-bond donors (Lipinski definition) is 1. The Balaban J connectivity index is 1.34. The summed E-state index contributed by atoms with van der Waals surface area (Å²) in [6.07, 6.45) is 2.08. The number of aromatic nitrogens is 2. The number of anilines is 1. The van der Waals surface area contributed by atoms with Crippen molar-refractivity contribution in [1.29, 1.82) is 0 Å². The molecule has 1 aromatic heterocycles. The van der Waals surface area contributed by atoms with E-state index in [0.717, 1.165) is 48.6 Å². The summed E-state index contributed by atoms with van der Waals surface area (Å²) in [5, 5.41) is 0.577. The fraction of sp³-hybridized carbons (Fsp3) is 0.364. The number of para-hydroxylation sites is 2. The van der Waals surface area contributed by atoms with Crippen LogP contribution in [0, 0.1) is 0 Å². The van der Waals surface area contributed by atoms with E-state index in [1.54, 1.807) is 7.11 Å². The highest BCUT2D eigenvalue weighted by molar-refractivity contribution is 6.32. The molecule has 0 saturated carbocycles. The molecule has 152 valence electrons. The summed E-state index contributed by atoms with van der Waals surface area (Å²) in [5.74, 6) is 1.72. The quantitative estimate of drug-likeness (QED) is 0.690. The summed E-state index contributed by atoms with van der Waals surface area (Å²) in [4.78, 5) is 25.0. The van der Waals surface area contributed by atoms with Crippen molar-refractivity contribution in [3.8, 4) is 5.75 Å². The number of methoxy groups -OCH3 is 1. The second kappa shape index (κ2) is 8.74. The first-order valence-electron chi connectivity index (χ1n) is 9.94. The highest BCUT2D eigenvalue weighted by atomic mass is 35.5. The lowest BCUT2D eigenvalue weighted by Gasteiger charge is -2.22. The molecule has 4 rings (SSSR count). The van der Waals surface area contributed by atoms with Crippen LogP contribution in [0.5, 0.6) is 5.75 Å². The number of halogens is 1. The van der Waals surface area contributed by atoms with Crippen LogP contribution in [0.1, 0.15) is 18.4 Å². The Morgan fingerprint density at radius 2 is 2.03 bits per heavy atom. The zero-order chi connectivity index (χ0) is 20.2. The van der Waals surface area contributed by atoms with Crippen LogP contribution in [0.4, 0.5) is 5.95 Å². The first-order valence-corrected chi connectivity index (χ1v) is 10.3. The molecule has 0 bridgehead atoms. The molecule has 0 aliphatic carbocycles. The fourth-order valence-corrected chi connectivity index (χ4v) is 4.02. The molecule has 2 aromatic carbocycles. The Labute approximate surface area is 175 Å². The number of nitrogens with one attached hydrogen (secondary N) is 1. The van der Waals surface area contributed by atoms with Crippen LogP contribution in [-0.4, -0.2) is 54.1 Å². The first-order chi connectivity index (χ1) is 14.1. The lowest BCUT2D eigenvalue weighted by Crippen LogP contribution is -2.35. The predicted molar refractivity (Wildman–Crippen MR) is 116 cm³/mol. The van der Waals surface area contributed by atoms with E-state index < -0.39 is 0 Å². The summed E-state index contributed by atoms with van der Waals surface area (Å²) in [5.41, 5.74) is 3.05. The first kappa shape index (κ1) is 19.6. The molecule has 1 saturated heterocycles. The van der Waals surface area contributed by atoms with Gasteiger partial charge in [0, 0.05) is 32.6 Å². The van der Waals surface area contributed by atoms with Gasteiger partial charge in [0.25, 0.3) is 0 Å². The second-order valence-corrected chi connectivity index (χ2v) is 7.68. The third-order valence-electron chi connectivity index (χ3n) is 5.37. The van der Waals surface area contributed by atoms with Gasteiger partial charge in [-0.25, -0.2) is 4.98 Å². The molecular weight excluding hydrogens is 388 g/mol. The zero-order valence-corrected chi connectivity index (χ0v) is 17.3. The highest BCUT2D eigenvalue weighted by Crippen LogP contribution is 2.25. The summed E-state index contributed by atoms with van der Waals surface area (Å²) in [6, 6.07) is 13.7. The number of hydrogen-bond acceptors (Lipinski definition) is 4. The summed E-state index contributed by atoms with van der Waals surface area (Å²) in [7, 11) is 1.60. The number of nitrogens with zero attached hydrogens (tertiary/aromatic N) is 3. The molecule has 0 spiro atoms. The van der Waals surface area contributed by atoms with Crippen molar-refractivity contribution < 1.29 is 9.53 Å². The highest BCUT2D eigenvalue weighted by Gasteiger charge is 2.21. The van der Waals surface area contributed by atoms with Gasteiger partial charge in [0.05, 0.1) is 23.2 Å². The van der Waals surface area contributed by atoms with Crippen molar-refractivity contribution in [2.24, 2.45) is 0 Å². The number of carbonyl (C=O) groups excluding carboxylic acids is 1. The van der Waals surface area contributed by atoms with E-state index >= 15 is 0 Å². The smallest absolute Gasteiger partial charge is 0.222 e. The summed E-state index contributed by atoms with van der Waals surface area (Å²) in [6.45, 7) is 3.15. The molecule has 0 unspecified atom stereocenters. The van der Waals surface area contributed by atoms with Gasteiger partial charge >= 0.3 is 0 Å². The van der Waals surface area contributed by atoms with Crippen molar-refractivity contribution in [1.82, 2.24) is 14.9 Å². The maximum Gasteiger partial charge on any atom is 0.222 e. The lowest BCUT2D eigenvalue weighted by molar-refractivity contribution is -0.130. The van der Waals surface area contributed by atoms with Gasteiger partial charge in [-0.3, -0.25) is 4.79 Å². The second-order valence-electron chi connectivity index (χ2n) is 7.27. The van der Waals surface area contributed by atoms with Crippen LogP contribution < -0.4 is 9.64 Å². The van der Waals surface area contributed by atoms with E-state index in [1.165, 1.54) is 0 Å². The van der Waals surface area contributed by atoms with Gasteiger partial charge < -0.3 is 19.5 Å². The largest absolute Gasteiger partial charge is 0.495 e. The molecule has 1 N–H and O–H groups in total. The maximum absolute atomic E-state index is 12.7. The number of carbonyl (C=O) groups is 1. The molecule has 1 fully saturated rings. The third-order valence-corrected chi connectivity index (χ3v) is 5.66. The van der Waals surface area contributed by atoms with Crippen LogP contribution in [0.2, 0.25) is 5.02 Å². The minimum absolute atomic E-state index is 0.184. The molecule has 29 heavy (non-hydrogen) atoms. The van der Waals surface area contributed by atoms with Gasteiger partial charge in [-0.1, -0.05) is 29.8 Å². The van der Waals surface area contributed by atoms with Gasteiger partial charge in [-0.15, -0.1) is 0 Å². The molecule has 1 amide bonds. The lowest BCUT2D eigenvalue weighted by atomic mass is 10.1. The van der Waals surface area contributed by atoms with Crippen LogP contribution in [-0.2, 0) is 11.2 Å². The van der Waals surface area contributed by atoms with Gasteiger partial charge in [-0.05, 0) is 42.7 Å². The van der Waals surface area contributed by atoms with Crippen LogP contribution in [0.15, 0.2) is 42.5 Å². The van der Waals surface area contributed by atoms with Crippen molar-refractivity contribution in [3.05, 3.63) is 53.1 Å². The molecule has 1 aliphatic heterocycles. The topological polar surface area (TPSA) is 61.5 Å². The van der Waals surface area contributed by atoms with Crippen LogP contribution >= 0.6 is 11.6 Å². The zero-order valence-electron chi connectivity index (χ0n) is 16.5. The average molecular weight is 413 g/mol. The van der Waals surface area contributed by atoms with Crippen molar-refractivity contribution in [3.63, 3.8) is 0 Å². The molecule has 6 nitrogen and oxygen atoms in total. The van der Waals surface area contributed by atoms with Crippen molar-refractivity contribution in [2.45, 2.75) is 19.3 Å². The van der Waals surface area contributed by atoms with Gasteiger partial charge in [0.1, 0.15) is 5.75 Å². The number of ether oxygens (including phenoxy) is 1. The summed E-state index contributed by atoms with van der Waals surface area (Å²) >= 11 is 6.18. The Morgan fingerprint density at radius 3 is 2.83 bits per heavy atom. The molecular formula is C22H25ClN4O2. The minimum Gasteiger partial charge on any atom is -0.495 e. The standard InChI is InChI=1S/C22H25ClN4O2/c1-29-20-9-7-16(15-17(20)23)8-10-21(28)26-11-4-12-27(14-13-26)22-24-18-5-2-3-6-19(18)25-22/h2-3,5-7,9,15H,4,8,10-14H2,1H3,(H,24,25). The average Bonchev–Trinajstić information content (AvgIpc) is 3.01. The van der Waals surface area contributed by atoms with E-state index in [4.69, 9.17) is 21.3 Å². The van der Waals surface area contributed by atoms with Crippen molar-refractivity contribution in [2.75, 3.05) is 38.2 Å². The predicted octanol–water partition coefficient (Wildman–Crippen LogP) is 3.90. The number of H-pyrrole nitrogens is 1. The molecule has 2 heterocycles. The Bertz CT molecular complexity index is 970. The Kier molecular flexibility index (Phi) is 5.90. The normalized spacial score (nSPS) is 14.8. The molecule has 0 radical (unpaired) electrons. The number of benzene rings is 2. The monoisotopic (exact) mass is 412 g/mol. The number of aryl methyl sites for hydroxylation is 1. The number of fused-ring (bicyclic) bond motifs is 1. The number of rotatable bonds is 5. The molecule has 3 aromatic rings. The number of imidazole rings is 1. The third kappa shape index (κ3) is 4.48.